The van der Waals surface area contributed by atoms with Crippen LogP contribution in [0.2, 0.25) is 0 Å². The molecular formula is C24H22FN3O2S. The number of fused-ring (bicyclic) bond motifs is 1. The van der Waals surface area contributed by atoms with Crippen LogP contribution in [0.1, 0.15) is 11.6 Å². The number of ether oxygens (including phenoxy) is 1. The van der Waals surface area contributed by atoms with Gasteiger partial charge in [-0.2, -0.15) is 0 Å². The van der Waals surface area contributed by atoms with Crippen LogP contribution in [-0.4, -0.2) is 28.3 Å². The van der Waals surface area contributed by atoms with Crippen molar-refractivity contribution in [1.82, 2.24) is 14.9 Å². The molecule has 31 heavy (non-hydrogen) atoms. The number of carbonyl (C=O) groups excluding carboxylic acids is 1. The zero-order chi connectivity index (χ0) is 21.6. The van der Waals surface area contributed by atoms with Gasteiger partial charge in [0.15, 0.2) is 0 Å². The van der Waals surface area contributed by atoms with Gasteiger partial charge < -0.3 is 14.6 Å². The Balaban J connectivity index is 1.48. The van der Waals surface area contributed by atoms with Crippen molar-refractivity contribution in [2.45, 2.75) is 17.5 Å². The highest BCUT2D eigenvalue weighted by molar-refractivity contribution is 8.00. The fourth-order valence-electron chi connectivity index (χ4n) is 3.34. The maximum Gasteiger partial charge on any atom is 0.230 e. The quantitative estimate of drug-likeness (QED) is 0.403. The summed E-state index contributed by atoms with van der Waals surface area (Å²) in [4.78, 5) is 18.1. The number of benzene rings is 3. The van der Waals surface area contributed by atoms with Crippen LogP contribution in [0.5, 0.6) is 5.75 Å². The van der Waals surface area contributed by atoms with Crippen LogP contribution in [0.4, 0.5) is 4.39 Å². The fraction of sp³-hybridized carbons (Fsp3) is 0.167. The molecule has 7 heteroatoms. The van der Waals surface area contributed by atoms with Crippen LogP contribution >= 0.6 is 11.8 Å². The lowest BCUT2D eigenvalue weighted by atomic mass is 10.1. The SMILES string of the molecule is COc1ccc(SCC(=O)NC(Cn2cnc3ccccc32)c2ccc(F)cc2)cc1. The Hall–Kier alpha value is -3.32. The molecule has 0 fully saturated rings. The van der Waals surface area contributed by atoms with Crippen molar-refractivity contribution in [2.75, 3.05) is 12.9 Å². The molecule has 1 aromatic heterocycles. The summed E-state index contributed by atoms with van der Waals surface area (Å²) < 4.78 is 20.6. The fourth-order valence-corrected chi connectivity index (χ4v) is 4.05. The zero-order valence-corrected chi connectivity index (χ0v) is 17.8. The Labute approximate surface area is 184 Å². The van der Waals surface area contributed by atoms with E-state index in [-0.39, 0.29) is 23.5 Å². The Morgan fingerprint density at radius 3 is 2.58 bits per heavy atom. The highest BCUT2D eigenvalue weighted by Crippen LogP contribution is 2.23. The number of aromatic nitrogens is 2. The summed E-state index contributed by atoms with van der Waals surface area (Å²) in [6.45, 7) is 0.491. The molecule has 1 atom stereocenters. The van der Waals surface area contributed by atoms with Crippen LogP contribution in [0.15, 0.2) is 84.0 Å². The van der Waals surface area contributed by atoms with E-state index in [1.54, 1.807) is 25.6 Å². The van der Waals surface area contributed by atoms with Gasteiger partial charge in [0.05, 0.1) is 36.3 Å². The average molecular weight is 436 g/mol. The Morgan fingerprint density at radius 2 is 1.84 bits per heavy atom. The largest absolute Gasteiger partial charge is 0.497 e. The number of hydrogen-bond donors (Lipinski definition) is 1. The van der Waals surface area contributed by atoms with Crippen molar-refractivity contribution in [1.29, 1.82) is 0 Å². The van der Waals surface area contributed by atoms with E-state index in [1.165, 1.54) is 23.9 Å². The van der Waals surface area contributed by atoms with Crippen LogP contribution in [0.3, 0.4) is 0 Å². The molecule has 1 amide bonds. The number of rotatable bonds is 8. The van der Waals surface area contributed by atoms with Gasteiger partial charge in [0.25, 0.3) is 0 Å². The van der Waals surface area contributed by atoms with Gasteiger partial charge in [-0.1, -0.05) is 24.3 Å². The number of nitrogens with zero attached hydrogens (tertiary/aromatic N) is 2. The first kappa shape index (κ1) is 20.9. The van der Waals surface area contributed by atoms with Crippen LogP contribution in [0.25, 0.3) is 11.0 Å². The van der Waals surface area contributed by atoms with E-state index in [0.29, 0.717) is 6.54 Å². The van der Waals surface area contributed by atoms with E-state index >= 15 is 0 Å². The topological polar surface area (TPSA) is 56.1 Å². The smallest absolute Gasteiger partial charge is 0.230 e. The lowest BCUT2D eigenvalue weighted by molar-refractivity contribution is -0.119. The molecule has 4 aromatic rings. The lowest BCUT2D eigenvalue weighted by Gasteiger charge is -2.20. The molecule has 1 unspecified atom stereocenters. The van der Waals surface area contributed by atoms with Crippen molar-refractivity contribution in [3.05, 3.63) is 90.5 Å². The van der Waals surface area contributed by atoms with Crippen molar-refractivity contribution in [2.24, 2.45) is 0 Å². The van der Waals surface area contributed by atoms with Gasteiger partial charge in [-0.15, -0.1) is 11.8 Å². The van der Waals surface area contributed by atoms with Gasteiger partial charge in [0.2, 0.25) is 5.91 Å². The molecule has 0 spiro atoms. The summed E-state index contributed by atoms with van der Waals surface area (Å²) in [5.74, 6) is 0.642. The molecule has 3 aromatic carbocycles. The molecular weight excluding hydrogens is 413 g/mol. The third-order valence-electron chi connectivity index (χ3n) is 4.94. The highest BCUT2D eigenvalue weighted by atomic mass is 32.2. The molecule has 0 radical (unpaired) electrons. The second-order valence-corrected chi connectivity index (χ2v) is 8.07. The molecule has 0 aliphatic rings. The average Bonchev–Trinajstić information content (AvgIpc) is 3.21. The second-order valence-electron chi connectivity index (χ2n) is 7.02. The second kappa shape index (κ2) is 9.66. The van der Waals surface area contributed by atoms with Crippen LogP contribution < -0.4 is 10.1 Å². The number of para-hydroxylation sites is 2. The maximum absolute atomic E-state index is 13.4. The van der Waals surface area contributed by atoms with Crippen LogP contribution in [-0.2, 0) is 11.3 Å². The number of nitrogens with one attached hydrogen (secondary N) is 1. The highest BCUT2D eigenvalue weighted by Gasteiger charge is 2.17. The van der Waals surface area contributed by atoms with E-state index in [2.05, 4.69) is 10.3 Å². The third-order valence-corrected chi connectivity index (χ3v) is 5.96. The van der Waals surface area contributed by atoms with E-state index in [0.717, 1.165) is 27.2 Å². The Kier molecular flexibility index (Phi) is 6.52. The number of imidazole rings is 1. The first-order valence-electron chi connectivity index (χ1n) is 9.84. The molecule has 1 heterocycles. The summed E-state index contributed by atoms with van der Waals surface area (Å²) in [5, 5.41) is 3.09. The monoisotopic (exact) mass is 435 g/mol. The van der Waals surface area contributed by atoms with Gasteiger partial charge in [-0.05, 0) is 54.1 Å². The van der Waals surface area contributed by atoms with Crippen LogP contribution in [0, 0.1) is 5.82 Å². The summed E-state index contributed by atoms with van der Waals surface area (Å²) in [7, 11) is 1.62. The van der Waals surface area contributed by atoms with E-state index in [9.17, 15) is 9.18 Å². The van der Waals surface area contributed by atoms with Gasteiger partial charge >= 0.3 is 0 Å². The van der Waals surface area contributed by atoms with E-state index in [1.807, 2.05) is 53.1 Å². The number of halogens is 1. The summed E-state index contributed by atoms with van der Waals surface area (Å²) in [6, 6.07) is 21.3. The van der Waals surface area contributed by atoms with Crippen molar-refractivity contribution in [3.63, 3.8) is 0 Å². The molecule has 0 bridgehead atoms. The number of methoxy groups -OCH3 is 1. The minimum absolute atomic E-state index is 0.0976. The minimum atomic E-state index is -0.317. The van der Waals surface area contributed by atoms with Gasteiger partial charge in [0.1, 0.15) is 11.6 Å². The molecule has 1 N–H and O–H groups in total. The summed E-state index contributed by atoms with van der Waals surface area (Å²) in [6.07, 6.45) is 1.76. The van der Waals surface area contributed by atoms with Gasteiger partial charge in [0, 0.05) is 11.4 Å². The number of thioether (sulfide) groups is 1. The van der Waals surface area contributed by atoms with Gasteiger partial charge in [-0.3, -0.25) is 4.79 Å². The summed E-state index contributed by atoms with van der Waals surface area (Å²) >= 11 is 1.45. The predicted octanol–water partition coefficient (Wildman–Crippen LogP) is 4.83. The molecule has 0 saturated carbocycles. The van der Waals surface area contributed by atoms with Crippen molar-refractivity contribution in [3.8, 4) is 5.75 Å². The molecule has 0 aliphatic heterocycles. The zero-order valence-electron chi connectivity index (χ0n) is 17.0. The number of amides is 1. The third kappa shape index (κ3) is 5.24. The molecule has 0 saturated heterocycles. The first-order chi connectivity index (χ1) is 15.1. The predicted molar refractivity (Wildman–Crippen MR) is 121 cm³/mol. The van der Waals surface area contributed by atoms with Crippen molar-refractivity contribution >= 4 is 28.7 Å². The van der Waals surface area contributed by atoms with Gasteiger partial charge in [-0.25, -0.2) is 9.37 Å². The number of hydrogen-bond acceptors (Lipinski definition) is 4. The van der Waals surface area contributed by atoms with E-state index in [4.69, 9.17) is 4.74 Å². The maximum atomic E-state index is 13.4. The number of carbonyl (C=O) groups is 1. The first-order valence-corrected chi connectivity index (χ1v) is 10.8. The lowest BCUT2D eigenvalue weighted by Crippen LogP contribution is -2.32. The molecule has 5 nitrogen and oxygen atoms in total. The minimum Gasteiger partial charge on any atom is -0.497 e. The standard InChI is InChI=1S/C24H22FN3O2S/c1-30-19-10-12-20(13-11-19)31-15-24(29)27-22(17-6-8-18(25)9-7-17)14-28-16-26-21-4-2-3-5-23(21)28/h2-13,16,22H,14-15H2,1H3,(H,27,29). The Morgan fingerprint density at radius 1 is 1.10 bits per heavy atom. The molecule has 4 rings (SSSR count). The summed E-state index contributed by atoms with van der Waals surface area (Å²) in [5.41, 5.74) is 2.71. The van der Waals surface area contributed by atoms with E-state index < -0.39 is 0 Å². The normalized spacial score (nSPS) is 11.9. The molecule has 0 aliphatic carbocycles. The van der Waals surface area contributed by atoms with Crippen molar-refractivity contribution < 1.29 is 13.9 Å². The molecule has 158 valence electrons. The Bertz CT molecular complexity index is 1160.